The van der Waals surface area contributed by atoms with Crippen molar-refractivity contribution in [2.24, 2.45) is 0 Å². The molecule has 1 amide bonds. The molecule has 29 heavy (non-hydrogen) atoms. The first kappa shape index (κ1) is 20.3. The number of hydrogen-bond donors (Lipinski definition) is 2. The predicted octanol–water partition coefficient (Wildman–Crippen LogP) is 3.50. The second-order valence-corrected chi connectivity index (χ2v) is 6.67. The van der Waals surface area contributed by atoms with E-state index in [1.165, 1.54) is 5.56 Å². The first-order valence-electron chi connectivity index (χ1n) is 9.75. The molecule has 1 aromatic heterocycles. The van der Waals surface area contributed by atoms with E-state index in [1.807, 2.05) is 42.5 Å². The number of anilines is 1. The van der Waals surface area contributed by atoms with Crippen LogP contribution in [0.25, 0.3) is 0 Å². The molecule has 0 spiro atoms. The van der Waals surface area contributed by atoms with E-state index < -0.39 is 0 Å². The van der Waals surface area contributed by atoms with Crippen LogP contribution in [0.2, 0.25) is 0 Å². The molecule has 0 aliphatic carbocycles. The summed E-state index contributed by atoms with van der Waals surface area (Å²) in [7, 11) is 1.64. The van der Waals surface area contributed by atoms with Gasteiger partial charge in [-0.2, -0.15) is 0 Å². The molecule has 0 fully saturated rings. The highest BCUT2D eigenvalue weighted by atomic mass is 16.5. The molecule has 0 aliphatic rings. The van der Waals surface area contributed by atoms with Crippen LogP contribution in [-0.4, -0.2) is 36.1 Å². The van der Waals surface area contributed by atoms with Crippen LogP contribution in [0.15, 0.2) is 67.0 Å². The maximum atomic E-state index is 12.3. The van der Waals surface area contributed by atoms with Gasteiger partial charge in [0, 0.05) is 25.5 Å². The van der Waals surface area contributed by atoms with Crippen molar-refractivity contribution in [2.45, 2.75) is 19.3 Å². The highest BCUT2D eigenvalue weighted by Gasteiger charge is 2.07. The van der Waals surface area contributed by atoms with Crippen LogP contribution >= 0.6 is 0 Å². The third-order valence-corrected chi connectivity index (χ3v) is 4.52. The van der Waals surface area contributed by atoms with Crippen LogP contribution in [0.1, 0.15) is 27.9 Å². The van der Waals surface area contributed by atoms with Gasteiger partial charge in [0.25, 0.3) is 5.91 Å². The summed E-state index contributed by atoms with van der Waals surface area (Å²) in [6.07, 6.45) is 5.81. The van der Waals surface area contributed by atoms with Gasteiger partial charge in [0.15, 0.2) is 0 Å². The third kappa shape index (κ3) is 6.60. The van der Waals surface area contributed by atoms with Crippen molar-refractivity contribution in [1.82, 2.24) is 15.3 Å². The van der Waals surface area contributed by atoms with E-state index in [4.69, 9.17) is 4.74 Å². The summed E-state index contributed by atoms with van der Waals surface area (Å²) >= 11 is 0. The van der Waals surface area contributed by atoms with Crippen LogP contribution in [0.5, 0.6) is 5.75 Å². The molecule has 2 N–H and O–H groups in total. The van der Waals surface area contributed by atoms with Gasteiger partial charge in [-0.1, -0.05) is 42.5 Å². The Morgan fingerprint density at radius 3 is 2.45 bits per heavy atom. The van der Waals surface area contributed by atoms with Crippen molar-refractivity contribution >= 4 is 11.9 Å². The summed E-state index contributed by atoms with van der Waals surface area (Å²) in [5, 5.41) is 6.09. The van der Waals surface area contributed by atoms with E-state index in [1.54, 1.807) is 19.5 Å². The lowest BCUT2D eigenvalue weighted by molar-refractivity contribution is 0.0953. The minimum atomic E-state index is -0.177. The van der Waals surface area contributed by atoms with Crippen LogP contribution in [0.4, 0.5) is 5.95 Å². The maximum Gasteiger partial charge on any atom is 0.254 e. The number of aryl methyl sites for hydroxylation is 1. The largest absolute Gasteiger partial charge is 0.497 e. The molecule has 0 aliphatic heterocycles. The van der Waals surface area contributed by atoms with Gasteiger partial charge in [0.1, 0.15) is 5.75 Å². The SMILES string of the molecule is COc1cccc(CCNC(=O)c2cnc(NCCCc3ccccc3)nc2)c1. The highest BCUT2D eigenvalue weighted by molar-refractivity contribution is 5.93. The molecule has 0 bridgehead atoms. The Bertz CT molecular complexity index is 898. The average molecular weight is 390 g/mol. The second kappa shape index (κ2) is 10.8. The quantitative estimate of drug-likeness (QED) is 0.518. The summed E-state index contributed by atoms with van der Waals surface area (Å²) in [5.74, 6) is 1.17. The number of nitrogens with one attached hydrogen (secondary N) is 2. The molecule has 6 heteroatoms. The van der Waals surface area contributed by atoms with Crippen molar-refractivity contribution in [3.63, 3.8) is 0 Å². The smallest absolute Gasteiger partial charge is 0.254 e. The van der Waals surface area contributed by atoms with Crippen molar-refractivity contribution in [3.8, 4) is 5.75 Å². The number of benzene rings is 2. The lowest BCUT2D eigenvalue weighted by Gasteiger charge is -2.08. The van der Waals surface area contributed by atoms with E-state index >= 15 is 0 Å². The van der Waals surface area contributed by atoms with Crippen LogP contribution < -0.4 is 15.4 Å². The number of amides is 1. The van der Waals surface area contributed by atoms with Gasteiger partial charge < -0.3 is 15.4 Å². The number of nitrogens with zero attached hydrogens (tertiary/aromatic N) is 2. The summed E-state index contributed by atoms with van der Waals surface area (Å²) in [5.41, 5.74) is 2.87. The van der Waals surface area contributed by atoms with E-state index in [0.717, 1.165) is 37.1 Å². The number of hydrogen-bond acceptors (Lipinski definition) is 5. The molecular formula is C23H26N4O2. The van der Waals surface area contributed by atoms with Gasteiger partial charge in [-0.05, 0) is 42.5 Å². The summed E-state index contributed by atoms with van der Waals surface area (Å²) < 4.78 is 5.21. The molecular weight excluding hydrogens is 364 g/mol. The average Bonchev–Trinajstić information content (AvgIpc) is 2.78. The van der Waals surface area contributed by atoms with Gasteiger partial charge >= 0.3 is 0 Å². The van der Waals surface area contributed by atoms with Gasteiger partial charge in [0.05, 0.1) is 12.7 Å². The molecule has 3 rings (SSSR count). The Labute approximate surface area is 171 Å². The van der Waals surface area contributed by atoms with E-state index in [0.29, 0.717) is 18.1 Å². The minimum absolute atomic E-state index is 0.177. The monoisotopic (exact) mass is 390 g/mol. The second-order valence-electron chi connectivity index (χ2n) is 6.67. The fourth-order valence-corrected chi connectivity index (χ4v) is 2.92. The summed E-state index contributed by atoms with van der Waals surface area (Å²) in [6, 6.07) is 18.2. The molecule has 6 nitrogen and oxygen atoms in total. The van der Waals surface area contributed by atoms with Crippen molar-refractivity contribution in [3.05, 3.63) is 83.7 Å². The Morgan fingerprint density at radius 1 is 0.931 bits per heavy atom. The predicted molar refractivity (Wildman–Crippen MR) is 114 cm³/mol. The first-order chi connectivity index (χ1) is 14.2. The Hall–Kier alpha value is -3.41. The van der Waals surface area contributed by atoms with Crippen LogP contribution in [0.3, 0.4) is 0 Å². The van der Waals surface area contributed by atoms with Gasteiger partial charge in [0.2, 0.25) is 5.95 Å². The number of methoxy groups -OCH3 is 1. The number of carbonyl (C=O) groups excluding carboxylic acids is 1. The zero-order valence-electron chi connectivity index (χ0n) is 16.6. The van der Waals surface area contributed by atoms with Crippen LogP contribution in [-0.2, 0) is 12.8 Å². The lowest BCUT2D eigenvalue weighted by Crippen LogP contribution is -2.26. The summed E-state index contributed by atoms with van der Waals surface area (Å²) in [4.78, 5) is 20.7. The normalized spacial score (nSPS) is 10.4. The molecule has 0 radical (unpaired) electrons. The number of aromatic nitrogens is 2. The Morgan fingerprint density at radius 2 is 1.69 bits per heavy atom. The Kier molecular flexibility index (Phi) is 7.57. The van der Waals surface area contributed by atoms with Gasteiger partial charge in [-0.3, -0.25) is 4.79 Å². The fourth-order valence-electron chi connectivity index (χ4n) is 2.92. The van der Waals surface area contributed by atoms with Gasteiger partial charge in [-0.15, -0.1) is 0 Å². The molecule has 2 aromatic carbocycles. The number of carbonyl (C=O) groups is 1. The zero-order chi connectivity index (χ0) is 20.3. The zero-order valence-corrected chi connectivity index (χ0v) is 16.6. The Balaban J connectivity index is 1.39. The van der Waals surface area contributed by atoms with E-state index in [-0.39, 0.29) is 5.91 Å². The maximum absolute atomic E-state index is 12.3. The third-order valence-electron chi connectivity index (χ3n) is 4.52. The number of ether oxygens (including phenoxy) is 1. The number of rotatable bonds is 10. The highest BCUT2D eigenvalue weighted by Crippen LogP contribution is 2.12. The van der Waals surface area contributed by atoms with Crippen molar-refractivity contribution in [2.75, 3.05) is 25.5 Å². The summed E-state index contributed by atoms with van der Waals surface area (Å²) in [6.45, 7) is 1.31. The molecule has 3 aromatic rings. The first-order valence-corrected chi connectivity index (χ1v) is 9.75. The van der Waals surface area contributed by atoms with Crippen molar-refractivity contribution < 1.29 is 9.53 Å². The molecule has 150 valence electrons. The standard InChI is InChI=1S/C23H26N4O2/c1-29-21-11-5-9-19(15-21)12-14-24-22(28)20-16-26-23(27-17-20)25-13-6-10-18-7-3-2-4-8-18/h2-5,7-9,11,15-17H,6,10,12-14H2,1H3,(H,24,28)(H,25,26,27). The minimum Gasteiger partial charge on any atom is -0.497 e. The van der Waals surface area contributed by atoms with Gasteiger partial charge in [-0.25, -0.2) is 9.97 Å². The van der Waals surface area contributed by atoms with Crippen molar-refractivity contribution in [1.29, 1.82) is 0 Å². The van der Waals surface area contributed by atoms with E-state index in [2.05, 4.69) is 32.7 Å². The van der Waals surface area contributed by atoms with Crippen LogP contribution in [0, 0.1) is 0 Å². The topological polar surface area (TPSA) is 76.1 Å². The molecule has 1 heterocycles. The molecule has 0 saturated heterocycles. The van der Waals surface area contributed by atoms with E-state index in [9.17, 15) is 4.79 Å². The fraction of sp³-hybridized carbons (Fsp3) is 0.261. The molecule has 0 unspecified atom stereocenters. The lowest BCUT2D eigenvalue weighted by atomic mass is 10.1. The molecule has 0 atom stereocenters. The molecule has 0 saturated carbocycles.